The summed E-state index contributed by atoms with van der Waals surface area (Å²) >= 11 is 0. The standard InChI is InChI=1S/C18H19FN2O4S/c1-13-6-7-16(22)14(12-13)18(23)20-8-10-21(11-9-20)26(24,25)17-5-3-2-4-15(17)19/h2-7,12,22H,8-11H2,1H3. The van der Waals surface area contributed by atoms with Crippen molar-refractivity contribution in [3.63, 3.8) is 0 Å². The van der Waals surface area contributed by atoms with Gasteiger partial charge in [-0.05, 0) is 31.2 Å². The van der Waals surface area contributed by atoms with Crippen LogP contribution in [0.4, 0.5) is 4.39 Å². The third-order valence-corrected chi connectivity index (χ3v) is 6.29. The van der Waals surface area contributed by atoms with Crippen molar-refractivity contribution in [2.45, 2.75) is 11.8 Å². The van der Waals surface area contributed by atoms with Gasteiger partial charge in [-0.1, -0.05) is 23.8 Å². The predicted octanol–water partition coefficient (Wildman–Crippen LogP) is 1.99. The monoisotopic (exact) mass is 378 g/mol. The summed E-state index contributed by atoms with van der Waals surface area (Å²) in [6, 6.07) is 9.99. The molecule has 1 aliphatic rings. The molecule has 0 saturated carbocycles. The molecule has 138 valence electrons. The number of nitrogens with zero attached hydrogens (tertiary/aromatic N) is 2. The van der Waals surface area contributed by atoms with Crippen molar-refractivity contribution in [1.82, 2.24) is 9.21 Å². The Hall–Kier alpha value is -2.45. The summed E-state index contributed by atoms with van der Waals surface area (Å²) in [5.74, 6) is -1.26. The molecular weight excluding hydrogens is 359 g/mol. The SMILES string of the molecule is Cc1ccc(O)c(C(=O)N2CCN(S(=O)(=O)c3ccccc3F)CC2)c1. The maximum atomic E-state index is 13.9. The number of sulfonamides is 1. The largest absolute Gasteiger partial charge is 0.507 e. The average Bonchev–Trinajstić information content (AvgIpc) is 2.63. The molecule has 2 aromatic carbocycles. The smallest absolute Gasteiger partial charge is 0.257 e. The first-order valence-electron chi connectivity index (χ1n) is 8.14. The highest BCUT2D eigenvalue weighted by atomic mass is 32.2. The number of aromatic hydroxyl groups is 1. The minimum Gasteiger partial charge on any atom is -0.507 e. The van der Waals surface area contributed by atoms with E-state index < -0.39 is 15.8 Å². The van der Waals surface area contributed by atoms with Gasteiger partial charge >= 0.3 is 0 Å². The number of aryl methyl sites for hydroxylation is 1. The number of carbonyl (C=O) groups excluding carboxylic acids is 1. The number of halogens is 1. The Bertz CT molecular complexity index is 938. The number of rotatable bonds is 3. The maximum absolute atomic E-state index is 13.9. The highest BCUT2D eigenvalue weighted by Crippen LogP contribution is 2.23. The lowest BCUT2D eigenvalue weighted by Crippen LogP contribution is -2.50. The highest BCUT2D eigenvalue weighted by molar-refractivity contribution is 7.89. The summed E-state index contributed by atoms with van der Waals surface area (Å²) in [5.41, 5.74) is 1.03. The van der Waals surface area contributed by atoms with Crippen LogP contribution in [0.1, 0.15) is 15.9 Å². The second-order valence-electron chi connectivity index (χ2n) is 6.15. The molecule has 1 amide bonds. The van der Waals surface area contributed by atoms with E-state index in [-0.39, 0.29) is 48.3 Å². The fourth-order valence-corrected chi connectivity index (χ4v) is 4.40. The van der Waals surface area contributed by atoms with E-state index >= 15 is 0 Å². The van der Waals surface area contributed by atoms with Crippen molar-refractivity contribution in [2.24, 2.45) is 0 Å². The van der Waals surface area contributed by atoms with Gasteiger partial charge in [0.25, 0.3) is 5.91 Å². The number of piperazine rings is 1. The van der Waals surface area contributed by atoms with Crippen LogP contribution in [-0.4, -0.2) is 54.8 Å². The first-order chi connectivity index (χ1) is 12.3. The van der Waals surface area contributed by atoms with Gasteiger partial charge in [-0.25, -0.2) is 12.8 Å². The highest BCUT2D eigenvalue weighted by Gasteiger charge is 2.32. The molecule has 1 aliphatic heterocycles. The zero-order valence-corrected chi connectivity index (χ0v) is 15.0. The zero-order valence-electron chi connectivity index (χ0n) is 14.2. The Labute approximate surface area is 151 Å². The number of phenols is 1. The van der Waals surface area contributed by atoms with Crippen molar-refractivity contribution in [3.05, 3.63) is 59.4 Å². The van der Waals surface area contributed by atoms with E-state index in [1.165, 1.54) is 33.5 Å². The Kier molecular flexibility index (Phi) is 4.97. The molecule has 1 fully saturated rings. The molecule has 1 saturated heterocycles. The van der Waals surface area contributed by atoms with Crippen LogP contribution in [0, 0.1) is 12.7 Å². The molecule has 1 heterocycles. The van der Waals surface area contributed by atoms with Crippen molar-refractivity contribution in [1.29, 1.82) is 0 Å². The molecule has 1 N–H and O–H groups in total. The lowest BCUT2D eigenvalue weighted by Gasteiger charge is -2.34. The number of phenolic OH excluding ortho intramolecular Hbond substituents is 1. The third-order valence-electron chi connectivity index (χ3n) is 4.36. The van der Waals surface area contributed by atoms with Gasteiger partial charge in [-0.3, -0.25) is 4.79 Å². The maximum Gasteiger partial charge on any atom is 0.257 e. The van der Waals surface area contributed by atoms with Gasteiger partial charge in [0.05, 0.1) is 5.56 Å². The van der Waals surface area contributed by atoms with Crippen LogP contribution < -0.4 is 0 Å². The van der Waals surface area contributed by atoms with E-state index in [1.54, 1.807) is 12.1 Å². The quantitative estimate of drug-likeness (QED) is 0.886. The zero-order chi connectivity index (χ0) is 18.9. The number of carbonyl (C=O) groups is 1. The van der Waals surface area contributed by atoms with Gasteiger partial charge in [0.1, 0.15) is 16.5 Å². The molecule has 0 unspecified atom stereocenters. The number of hydrogen-bond acceptors (Lipinski definition) is 4. The predicted molar refractivity (Wildman–Crippen MR) is 93.9 cm³/mol. The molecule has 3 rings (SSSR count). The first kappa shape index (κ1) is 18.3. The lowest BCUT2D eigenvalue weighted by molar-refractivity contribution is 0.0694. The van der Waals surface area contributed by atoms with E-state index in [9.17, 15) is 22.7 Å². The summed E-state index contributed by atoms with van der Waals surface area (Å²) in [7, 11) is -3.95. The minimum absolute atomic E-state index is 0.0645. The second kappa shape index (κ2) is 7.05. The van der Waals surface area contributed by atoms with Crippen molar-refractivity contribution >= 4 is 15.9 Å². The molecule has 0 aromatic heterocycles. The fraction of sp³-hybridized carbons (Fsp3) is 0.278. The van der Waals surface area contributed by atoms with Crippen LogP contribution in [-0.2, 0) is 10.0 Å². The summed E-state index contributed by atoms with van der Waals surface area (Å²) in [6.07, 6.45) is 0. The van der Waals surface area contributed by atoms with E-state index in [0.29, 0.717) is 0 Å². The van der Waals surface area contributed by atoms with Crippen molar-refractivity contribution in [2.75, 3.05) is 26.2 Å². The number of amides is 1. The van der Waals surface area contributed by atoms with Crippen LogP contribution in [0.25, 0.3) is 0 Å². The molecular formula is C18H19FN2O4S. The number of benzene rings is 2. The molecule has 26 heavy (non-hydrogen) atoms. The van der Waals surface area contributed by atoms with Crippen molar-refractivity contribution < 1.29 is 22.7 Å². The van der Waals surface area contributed by atoms with Gasteiger partial charge in [0.2, 0.25) is 10.0 Å². The fourth-order valence-electron chi connectivity index (χ4n) is 2.92. The van der Waals surface area contributed by atoms with E-state index in [4.69, 9.17) is 0 Å². The molecule has 0 atom stereocenters. The van der Waals surface area contributed by atoms with Crippen LogP contribution in [0.15, 0.2) is 47.4 Å². The van der Waals surface area contributed by atoms with E-state index in [1.807, 2.05) is 6.92 Å². The van der Waals surface area contributed by atoms with Gasteiger partial charge in [-0.2, -0.15) is 4.31 Å². The molecule has 6 nitrogen and oxygen atoms in total. The molecule has 0 radical (unpaired) electrons. The van der Waals surface area contributed by atoms with Gasteiger partial charge in [0, 0.05) is 26.2 Å². The molecule has 0 aliphatic carbocycles. The number of hydrogen-bond donors (Lipinski definition) is 1. The molecule has 0 bridgehead atoms. The second-order valence-corrected chi connectivity index (χ2v) is 8.05. The summed E-state index contributed by atoms with van der Waals surface area (Å²) in [6.45, 7) is 2.28. The van der Waals surface area contributed by atoms with Gasteiger partial charge in [-0.15, -0.1) is 0 Å². The Morgan fingerprint density at radius 1 is 1.08 bits per heavy atom. The van der Waals surface area contributed by atoms with Crippen molar-refractivity contribution in [3.8, 4) is 5.75 Å². The normalized spacial score (nSPS) is 15.8. The third kappa shape index (κ3) is 3.42. The van der Waals surface area contributed by atoms with Crippen LogP contribution in [0.2, 0.25) is 0 Å². The van der Waals surface area contributed by atoms with E-state index in [0.717, 1.165) is 11.6 Å². The molecule has 0 spiro atoms. The summed E-state index contributed by atoms with van der Waals surface area (Å²) in [5, 5.41) is 9.90. The summed E-state index contributed by atoms with van der Waals surface area (Å²) < 4.78 is 40.2. The first-order valence-corrected chi connectivity index (χ1v) is 9.58. The Morgan fingerprint density at radius 2 is 1.73 bits per heavy atom. The lowest BCUT2D eigenvalue weighted by atomic mass is 10.1. The molecule has 8 heteroatoms. The van der Waals surface area contributed by atoms with Gasteiger partial charge in [0.15, 0.2) is 0 Å². The van der Waals surface area contributed by atoms with Gasteiger partial charge < -0.3 is 10.0 Å². The molecule has 2 aromatic rings. The van der Waals surface area contributed by atoms with Crippen LogP contribution >= 0.6 is 0 Å². The van der Waals surface area contributed by atoms with E-state index in [2.05, 4.69) is 0 Å². The summed E-state index contributed by atoms with van der Waals surface area (Å²) in [4.78, 5) is 13.7. The minimum atomic E-state index is -3.95. The topological polar surface area (TPSA) is 77.9 Å². The van der Waals surface area contributed by atoms with Crippen LogP contribution in [0.3, 0.4) is 0 Å². The Balaban J connectivity index is 1.74. The average molecular weight is 378 g/mol. The Morgan fingerprint density at radius 3 is 2.38 bits per heavy atom. The van der Waals surface area contributed by atoms with Crippen LogP contribution in [0.5, 0.6) is 5.75 Å².